The molecule has 1 aliphatic heterocycles. The first-order valence-corrected chi connectivity index (χ1v) is 11.2. The van der Waals surface area contributed by atoms with Gasteiger partial charge in [0.1, 0.15) is 0 Å². The molecule has 162 valence electrons. The van der Waals surface area contributed by atoms with Crippen molar-refractivity contribution in [2.75, 3.05) is 23.3 Å². The topological polar surface area (TPSA) is 73.9 Å². The molecule has 6 heteroatoms. The first kappa shape index (κ1) is 20.2. The highest BCUT2D eigenvalue weighted by molar-refractivity contribution is 5.95. The molecule has 6 nitrogen and oxygen atoms in total. The maximum Gasteiger partial charge on any atom is 0.228 e. The van der Waals surface area contributed by atoms with Crippen LogP contribution in [0, 0.1) is 5.92 Å². The number of amides is 1. The van der Waals surface area contributed by atoms with Gasteiger partial charge in [-0.3, -0.25) is 4.79 Å². The van der Waals surface area contributed by atoms with E-state index < -0.39 is 0 Å². The second kappa shape index (κ2) is 8.83. The summed E-state index contributed by atoms with van der Waals surface area (Å²) in [5, 5.41) is 12.9. The number of carbonyl (C=O) groups is 1. The monoisotopic (exact) mass is 425 g/mol. The Labute approximate surface area is 187 Å². The van der Waals surface area contributed by atoms with Crippen molar-refractivity contribution < 1.29 is 4.79 Å². The van der Waals surface area contributed by atoms with Gasteiger partial charge in [-0.1, -0.05) is 37.3 Å². The van der Waals surface area contributed by atoms with Crippen molar-refractivity contribution >= 4 is 28.3 Å². The predicted molar refractivity (Wildman–Crippen MR) is 129 cm³/mol. The second-order valence-corrected chi connectivity index (χ2v) is 8.61. The molecule has 1 saturated heterocycles. The van der Waals surface area contributed by atoms with Crippen LogP contribution in [-0.4, -0.2) is 34.2 Å². The third kappa shape index (κ3) is 4.35. The van der Waals surface area contributed by atoms with E-state index in [0.29, 0.717) is 6.42 Å². The van der Waals surface area contributed by atoms with Crippen LogP contribution in [0.5, 0.6) is 0 Å². The minimum atomic E-state index is -0.0394. The second-order valence-electron chi connectivity index (χ2n) is 8.61. The van der Waals surface area contributed by atoms with Crippen LogP contribution in [0.2, 0.25) is 0 Å². The molecule has 3 heterocycles. The SMILES string of the molecule is CC1CCN(c2ccc(-c3ccc(NC(=O)Cc4c[nH]c5ccccc45)cc3)nn2)CC1. The summed E-state index contributed by atoms with van der Waals surface area (Å²) in [7, 11) is 0. The van der Waals surface area contributed by atoms with E-state index in [1.54, 1.807) is 0 Å². The molecular weight excluding hydrogens is 398 g/mol. The standard InChI is InChI=1S/C26H27N5O/c1-18-12-14-31(15-13-18)25-11-10-23(29-30-25)19-6-8-21(9-7-19)28-26(32)16-20-17-27-24-5-3-2-4-22(20)24/h2-11,17-18,27H,12-16H2,1H3,(H,28,32). The Morgan fingerprint density at radius 2 is 1.81 bits per heavy atom. The molecule has 2 aromatic carbocycles. The summed E-state index contributed by atoms with van der Waals surface area (Å²) in [5.74, 6) is 1.70. The molecule has 5 rings (SSSR count). The number of carbonyl (C=O) groups excluding carboxylic acids is 1. The van der Waals surface area contributed by atoms with Crippen LogP contribution in [0.3, 0.4) is 0 Å². The van der Waals surface area contributed by atoms with Crippen LogP contribution in [-0.2, 0) is 11.2 Å². The number of aromatic amines is 1. The van der Waals surface area contributed by atoms with E-state index in [9.17, 15) is 4.79 Å². The molecule has 0 aliphatic carbocycles. The lowest BCUT2D eigenvalue weighted by atomic mass is 9.99. The normalized spacial score (nSPS) is 14.6. The van der Waals surface area contributed by atoms with Crippen molar-refractivity contribution in [2.45, 2.75) is 26.2 Å². The molecule has 0 unspecified atom stereocenters. The maximum absolute atomic E-state index is 12.5. The number of hydrogen-bond acceptors (Lipinski definition) is 4. The van der Waals surface area contributed by atoms with Gasteiger partial charge < -0.3 is 15.2 Å². The highest BCUT2D eigenvalue weighted by atomic mass is 16.1. The van der Waals surface area contributed by atoms with Crippen molar-refractivity contribution in [2.24, 2.45) is 5.92 Å². The molecule has 0 spiro atoms. The van der Waals surface area contributed by atoms with Gasteiger partial charge in [0.2, 0.25) is 5.91 Å². The molecular formula is C26H27N5O. The van der Waals surface area contributed by atoms with Gasteiger partial charge in [0.25, 0.3) is 0 Å². The maximum atomic E-state index is 12.5. The first-order chi connectivity index (χ1) is 15.7. The molecule has 1 aliphatic rings. The molecule has 0 atom stereocenters. The quantitative estimate of drug-likeness (QED) is 0.470. The Kier molecular flexibility index (Phi) is 5.58. The summed E-state index contributed by atoms with van der Waals surface area (Å²) in [6, 6.07) is 19.8. The largest absolute Gasteiger partial charge is 0.361 e. The average molecular weight is 426 g/mol. The molecule has 32 heavy (non-hydrogen) atoms. The van der Waals surface area contributed by atoms with Gasteiger partial charge in [0, 0.05) is 41.4 Å². The molecule has 2 N–H and O–H groups in total. The van der Waals surface area contributed by atoms with Crippen LogP contribution < -0.4 is 10.2 Å². The smallest absolute Gasteiger partial charge is 0.228 e. The van der Waals surface area contributed by atoms with E-state index in [2.05, 4.69) is 38.4 Å². The highest BCUT2D eigenvalue weighted by Gasteiger charge is 2.17. The lowest BCUT2D eigenvalue weighted by Gasteiger charge is -2.30. The van der Waals surface area contributed by atoms with E-state index in [0.717, 1.165) is 58.2 Å². The van der Waals surface area contributed by atoms with Crippen LogP contribution in [0.25, 0.3) is 22.2 Å². The Balaban J connectivity index is 1.21. The number of piperidine rings is 1. The fraction of sp³-hybridized carbons (Fsp3) is 0.269. The number of fused-ring (bicyclic) bond motifs is 1. The van der Waals surface area contributed by atoms with Crippen molar-refractivity contribution in [3.63, 3.8) is 0 Å². The fourth-order valence-corrected chi connectivity index (χ4v) is 4.27. The van der Waals surface area contributed by atoms with Gasteiger partial charge in [0.05, 0.1) is 12.1 Å². The summed E-state index contributed by atoms with van der Waals surface area (Å²) in [6.45, 7) is 4.39. The van der Waals surface area contributed by atoms with Crippen molar-refractivity contribution in [3.05, 3.63) is 72.4 Å². The first-order valence-electron chi connectivity index (χ1n) is 11.2. The minimum Gasteiger partial charge on any atom is -0.361 e. The number of para-hydroxylation sites is 1. The predicted octanol–water partition coefficient (Wildman–Crippen LogP) is 5.04. The van der Waals surface area contributed by atoms with Crippen LogP contribution >= 0.6 is 0 Å². The van der Waals surface area contributed by atoms with Gasteiger partial charge in [-0.25, -0.2) is 0 Å². The molecule has 0 bridgehead atoms. The summed E-state index contributed by atoms with van der Waals surface area (Å²) in [5.41, 5.74) is 4.61. The zero-order chi connectivity index (χ0) is 21.9. The van der Waals surface area contributed by atoms with Gasteiger partial charge in [-0.2, -0.15) is 0 Å². The van der Waals surface area contributed by atoms with Crippen molar-refractivity contribution in [3.8, 4) is 11.3 Å². The number of H-pyrrole nitrogens is 1. The summed E-state index contributed by atoms with van der Waals surface area (Å²) in [6.07, 6.45) is 4.64. The number of benzene rings is 2. The number of aromatic nitrogens is 3. The Morgan fingerprint density at radius 3 is 2.56 bits per heavy atom. The molecule has 2 aromatic heterocycles. The Morgan fingerprint density at radius 1 is 1.03 bits per heavy atom. The van der Waals surface area contributed by atoms with Crippen LogP contribution in [0.1, 0.15) is 25.3 Å². The zero-order valence-electron chi connectivity index (χ0n) is 18.2. The van der Waals surface area contributed by atoms with Crippen molar-refractivity contribution in [1.82, 2.24) is 15.2 Å². The lowest BCUT2D eigenvalue weighted by Crippen LogP contribution is -2.33. The van der Waals surface area contributed by atoms with Crippen LogP contribution in [0.4, 0.5) is 11.5 Å². The van der Waals surface area contributed by atoms with Crippen molar-refractivity contribution in [1.29, 1.82) is 0 Å². The van der Waals surface area contributed by atoms with Gasteiger partial charge in [-0.05, 0) is 54.7 Å². The van der Waals surface area contributed by atoms with Gasteiger partial charge in [-0.15, -0.1) is 10.2 Å². The van der Waals surface area contributed by atoms with Gasteiger partial charge >= 0.3 is 0 Å². The molecule has 0 saturated carbocycles. The number of anilines is 2. The highest BCUT2D eigenvalue weighted by Crippen LogP contribution is 2.24. The molecule has 1 fully saturated rings. The summed E-state index contributed by atoms with van der Waals surface area (Å²) >= 11 is 0. The van der Waals surface area contributed by atoms with E-state index >= 15 is 0 Å². The zero-order valence-corrected chi connectivity index (χ0v) is 18.2. The van der Waals surface area contributed by atoms with Gasteiger partial charge in [0.15, 0.2) is 5.82 Å². The van der Waals surface area contributed by atoms with E-state index in [4.69, 9.17) is 0 Å². The number of hydrogen-bond donors (Lipinski definition) is 2. The molecule has 1 amide bonds. The number of nitrogens with zero attached hydrogens (tertiary/aromatic N) is 3. The lowest BCUT2D eigenvalue weighted by molar-refractivity contribution is -0.115. The van der Waals surface area contributed by atoms with E-state index in [1.807, 2.05) is 60.8 Å². The number of rotatable bonds is 5. The Hall–Kier alpha value is -3.67. The van der Waals surface area contributed by atoms with E-state index in [1.165, 1.54) is 12.8 Å². The minimum absolute atomic E-state index is 0.0394. The number of nitrogens with one attached hydrogen (secondary N) is 2. The molecule has 0 radical (unpaired) electrons. The fourth-order valence-electron chi connectivity index (χ4n) is 4.27. The summed E-state index contributed by atoms with van der Waals surface area (Å²) < 4.78 is 0. The average Bonchev–Trinajstić information content (AvgIpc) is 3.23. The van der Waals surface area contributed by atoms with E-state index in [-0.39, 0.29) is 5.91 Å². The molecule has 4 aromatic rings. The third-order valence-corrected chi connectivity index (χ3v) is 6.25. The summed E-state index contributed by atoms with van der Waals surface area (Å²) in [4.78, 5) is 18.1. The Bertz CT molecular complexity index is 1210. The third-order valence-electron chi connectivity index (χ3n) is 6.25. The van der Waals surface area contributed by atoms with Crippen LogP contribution in [0.15, 0.2) is 66.9 Å².